The Morgan fingerprint density at radius 3 is 2.55 bits per heavy atom. The van der Waals surface area contributed by atoms with Gasteiger partial charge in [-0.3, -0.25) is 25.0 Å². The van der Waals surface area contributed by atoms with Gasteiger partial charge in [0.05, 0.1) is 15.9 Å². The Morgan fingerprint density at radius 1 is 1.30 bits per heavy atom. The first-order valence-corrected chi connectivity index (χ1v) is 5.67. The number of hydrogen-bond acceptors (Lipinski definition) is 6. The summed E-state index contributed by atoms with van der Waals surface area (Å²) in [6, 6.07) is 2.89. The van der Waals surface area contributed by atoms with Crippen LogP contribution in [0.3, 0.4) is 0 Å². The predicted octanol–water partition coefficient (Wildman–Crippen LogP) is 1.27. The molecule has 9 heteroatoms. The quantitative estimate of drug-likeness (QED) is 0.456. The molecule has 1 rings (SSSR count). The summed E-state index contributed by atoms with van der Waals surface area (Å²) in [7, 11) is 1.52. The summed E-state index contributed by atoms with van der Waals surface area (Å²) in [6.07, 6.45) is 0.559. The molecule has 108 valence electrons. The van der Waals surface area contributed by atoms with Crippen LogP contribution in [0.25, 0.3) is 0 Å². The molecule has 9 nitrogen and oxygen atoms in total. The lowest BCUT2D eigenvalue weighted by atomic mass is 10.1. The van der Waals surface area contributed by atoms with Crippen molar-refractivity contribution in [2.75, 3.05) is 20.3 Å². The Balaban J connectivity index is 2.90. The van der Waals surface area contributed by atoms with Crippen molar-refractivity contribution in [2.45, 2.75) is 6.42 Å². The highest BCUT2D eigenvalue weighted by Gasteiger charge is 2.23. The maximum absolute atomic E-state index is 11.8. The van der Waals surface area contributed by atoms with Gasteiger partial charge in [-0.05, 0) is 12.5 Å². The molecule has 0 aliphatic heterocycles. The number of nitro groups is 2. The SMILES string of the molecule is COCCCNC(=O)c1ccc([N+](=O)[O-])cc1[N+](=O)[O-]. The van der Waals surface area contributed by atoms with E-state index in [2.05, 4.69) is 5.32 Å². The van der Waals surface area contributed by atoms with Gasteiger partial charge in [-0.2, -0.15) is 0 Å². The van der Waals surface area contributed by atoms with Gasteiger partial charge in [0.15, 0.2) is 0 Å². The molecule has 0 fully saturated rings. The molecule has 0 saturated heterocycles. The smallest absolute Gasteiger partial charge is 0.289 e. The van der Waals surface area contributed by atoms with Crippen LogP contribution in [0.2, 0.25) is 0 Å². The highest BCUT2D eigenvalue weighted by Crippen LogP contribution is 2.24. The van der Waals surface area contributed by atoms with Crippen molar-refractivity contribution in [1.29, 1.82) is 0 Å². The zero-order chi connectivity index (χ0) is 15.1. The van der Waals surface area contributed by atoms with E-state index >= 15 is 0 Å². The monoisotopic (exact) mass is 283 g/mol. The molecule has 0 saturated carbocycles. The first-order valence-electron chi connectivity index (χ1n) is 5.67. The summed E-state index contributed by atoms with van der Waals surface area (Å²) in [5.41, 5.74) is -1.24. The van der Waals surface area contributed by atoms with E-state index < -0.39 is 27.1 Å². The summed E-state index contributed by atoms with van der Waals surface area (Å²) in [6.45, 7) is 0.740. The van der Waals surface area contributed by atoms with Gasteiger partial charge in [0.1, 0.15) is 5.56 Å². The Bertz CT molecular complexity index is 531. The van der Waals surface area contributed by atoms with E-state index in [9.17, 15) is 25.0 Å². The fourth-order valence-electron chi connectivity index (χ4n) is 1.49. The van der Waals surface area contributed by atoms with Crippen LogP contribution in [0.5, 0.6) is 0 Å². The van der Waals surface area contributed by atoms with Crippen molar-refractivity contribution < 1.29 is 19.4 Å². The van der Waals surface area contributed by atoms with Gasteiger partial charge >= 0.3 is 0 Å². The molecule has 0 bridgehead atoms. The lowest BCUT2D eigenvalue weighted by Gasteiger charge is -2.05. The number of non-ortho nitro benzene ring substituents is 1. The summed E-state index contributed by atoms with van der Waals surface area (Å²) in [5.74, 6) is -0.650. The minimum absolute atomic E-state index is 0.210. The standard InChI is InChI=1S/C11H13N3O6/c1-20-6-2-5-12-11(15)9-4-3-8(13(16)17)7-10(9)14(18)19/h3-4,7H,2,5-6H2,1H3,(H,12,15). The average molecular weight is 283 g/mol. The molecule has 1 N–H and O–H groups in total. The molecule has 0 spiro atoms. The summed E-state index contributed by atoms with van der Waals surface area (Å²) >= 11 is 0. The Morgan fingerprint density at radius 2 is 2.00 bits per heavy atom. The van der Waals surface area contributed by atoms with E-state index in [1.54, 1.807) is 0 Å². The van der Waals surface area contributed by atoms with Gasteiger partial charge in [-0.1, -0.05) is 0 Å². The number of hydrogen-bond donors (Lipinski definition) is 1. The molecule has 0 radical (unpaired) electrons. The zero-order valence-corrected chi connectivity index (χ0v) is 10.7. The summed E-state index contributed by atoms with van der Waals surface area (Å²) in [5, 5.41) is 23.9. The van der Waals surface area contributed by atoms with Crippen molar-refractivity contribution in [2.24, 2.45) is 0 Å². The van der Waals surface area contributed by atoms with E-state index in [0.29, 0.717) is 19.6 Å². The molecule has 0 unspecified atom stereocenters. The van der Waals surface area contributed by atoms with Crippen LogP contribution in [0.15, 0.2) is 18.2 Å². The van der Waals surface area contributed by atoms with Crippen molar-refractivity contribution >= 4 is 17.3 Å². The van der Waals surface area contributed by atoms with Crippen LogP contribution in [0.4, 0.5) is 11.4 Å². The van der Waals surface area contributed by atoms with Crippen molar-refractivity contribution in [3.8, 4) is 0 Å². The molecule has 1 aromatic rings. The van der Waals surface area contributed by atoms with Gasteiger partial charge in [0.2, 0.25) is 0 Å². The van der Waals surface area contributed by atoms with Crippen molar-refractivity contribution in [1.82, 2.24) is 5.32 Å². The number of benzene rings is 1. The number of carbonyl (C=O) groups is 1. The minimum Gasteiger partial charge on any atom is -0.385 e. The highest BCUT2D eigenvalue weighted by atomic mass is 16.6. The summed E-state index contributed by atoms with van der Waals surface area (Å²) in [4.78, 5) is 31.6. The van der Waals surface area contributed by atoms with E-state index in [-0.39, 0.29) is 5.56 Å². The third-order valence-electron chi connectivity index (χ3n) is 2.44. The second kappa shape index (κ2) is 7.14. The van der Waals surface area contributed by atoms with Gasteiger partial charge in [0, 0.05) is 26.3 Å². The maximum Gasteiger partial charge on any atom is 0.289 e. The summed E-state index contributed by atoms with van der Waals surface area (Å²) < 4.78 is 4.80. The van der Waals surface area contributed by atoms with Crippen LogP contribution < -0.4 is 5.32 Å². The van der Waals surface area contributed by atoms with Crippen LogP contribution in [0.1, 0.15) is 16.8 Å². The van der Waals surface area contributed by atoms with E-state index in [4.69, 9.17) is 4.74 Å². The minimum atomic E-state index is -0.822. The van der Waals surface area contributed by atoms with Gasteiger partial charge in [-0.25, -0.2) is 0 Å². The molecule has 0 heterocycles. The molecule has 20 heavy (non-hydrogen) atoms. The Labute approximate surface area is 113 Å². The number of carbonyl (C=O) groups excluding carboxylic acids is 1. The lowest BCUT2D eigenvalue weighted by molar-refractivity contribution is -0.394. The van der Waals surface area contributed by atoms with E-state index in [1.807, 2.05) is 0 Å². The number of ether oxygens (including phenoxy) is 1. The lowest BCUT2D eigenvalue weighted by Crippen LogP contribution is -2.26. The van der Waals surface area contributed by atoms with Crippen LogP contribution in [0, 0.1) is 20.2 Å². The number of nitrogens with one attached hydrogen (secondary N) is 1. The van der Waals surface area contributed by atoms with Crippen molar-refractivity contribution in [3.05, 3.63) is 44.0 Å². The van der Waals surface area contributed by atoms with Gasteiger partial charge in [0.25, 0.3) is 17.3 Å². The van der Waals surface area contributed by atoms with Gasteiger partial charge in [-0.15, -0.1) is 0 Å². The average Bonchev–Trinajstić information content (AvgIpc) is 2.42. The third kappa shape index (κ3) is 3.99. The number of nitrogens with zero attached hydrogens (tertiary/aromatic N) is 2. The van der Waals surface area contributed by atoms with E-state index in [0.717, 1.165) is 18.2 Å². The Kier molecular flexibility index (Phi) is 5.54. The molecule has 0 aliphatic carbocycles. The van der Waals surface area contributed by atoms with Crippen LogP contribution >= 0.6 is 0 Å². The number of nitro benzene ring substituents is 2. The largest absolute Gasteiger partial charge is 0.385 e. The third-order valence-corrected chi connectivity index (χ3v) is 2.44. The van der Waals surface area contributed by atoms with Crippen LogP contribution in [-0.4, -0.2) is 36.0 Å². The second-order valence-electron chi connectivity index (χ2n) is 3.82. The maximum atomic E-state index is 11.8. The number of rotatable bonds is 7. The van der Waals surface area contributed by atoms with Crippen molar-refractivity contribution in [3.63, 3.8) is 0 Å². The molecular formula is C11H13N3O6. The second-order valence-corrected chi connectivity index (χ2v) is 3.82. The topological polar surface area (TPSA) is 125 Å². The molecule has 0 aliphatic rings. The first kappa shape index (κ1) is 15.5. The fraction of sp³-hybridized carbons (Fsp3) is 0.364. The normalized spacial score (nSPS) is 10.1. The number of methoxy groups -OCH3 is 1. The fourth-order valence-corrected chi connectivity index (χ4v) is 1.49. The predicted molar refractivity (Wildman–Crippen MR) is 68.6 cm³/mol. The molecule has 1 aromatic carbocycles. The molecular weight excluding hydrogens is 270 g/mol. The highest BCUT2D eigenvalue weighted by molar-refractivity contribution is 5.98. The van der Waals surface area contributed by atoms with Crippen LogP contribution in [-0.2, 0) is 4.74 Å². The van der Waals surface area contributed by atoms with Gasteiger partial charge < -0.3 is 10.1 Å². The molecule has 1 amide bonds. The molecule has 0 aromatic heterocycles. The first-order chi connectivity index (χ1) is 9.47. The number of amides is 1. The Hall–Kier alpha value is -2.55. The van der Waals surface area contributed by atoms with E-state index in [1.165, 1.54) is 7.11 Å². The zero-order valence-electron chi connectivity index (χ0n) is 10.7. The molecule has 0 atom stereocenters.